The lowest BCUT2D eigenvalue weighted by Crippen LogP contribution is -2.18. The third-order valence-corrected chi connectivity index (χ3v) is 3.58. The number of anilines is 1. The molecule has 2 heterocycles. The maximum Gasteiger partial charge on any atom is 0.128 e. The fourth-order valence-corrected chi connectivity index (χ4v) is 2.30. The lowest BCUT2D eigenvalue weighted by Gasteiger charge is -2.17. The van der Waals surface area contributed by atoms with E-state index in [0.29, 0.717) is 0 Å². The smallest absolute Gasteiger partial charge is 0.128 e. The van der Waals surface area contributed by atoms with Crippen LogP contribution >= 0.6 is 11.3 Å². The maximum atomic E-state index is 5.80. The van der Waals surface area contributed by atoms with E-state index in [9.17, 15) is 0 Å². The summed E-state index contributed by atoms with van der Waals surface area (Å²) in [7, 11) is 2.02. The molecular weight excluding hydrogens is 244 g/mol. The summed E-state index contributed by atoms with van der Waals surface area (Å²) in [5.41, 5.74) is 7.94. The normalized spacial score (nSPS) is 12.4. The number of hydrogen-bond acceptors (Lipinski definition) is 5. The molecule has 18 heavy (non-hydrogen) atoms. The molecule has 0 spiro atoms. The average molecular weight is 262 g/mol. The Kier molecular flexibility index (Phi) is 3.93. The number of pyridine rings is 1. The van der Waals surface area contributed by atoms with Crippen molar-refractivity contribution in [1.82, 2.24) is 9.97 Å². The van der Waals surface area contributed by atoms with E-state index < -0.39 is 0 Å². The van der Waals surface area contributed by atoms with E-state index in [1.165, 1.54) is 0 Å². The molecule has 1 atom stereocenters. The van der Waals surface area contributed by atoms with Crippen LogP contribution in [0, 0.1) is 6.92 Å². The van der Waals surface area contributed by atoms with Gasteiger partial charge in [-0.15, -0.1) is 11.3 Å². The maximum absolute atomic E-state index is 5.80. The minimum absolute atomic E-state index is 0.0260. The number of nitrogens with two attached hydrogens (primary N) is 1. The number of aromatic nitrogens is 2. The number of hydrogen-bond donors (Lipinski definition) is 1. The van der Waals surface area contributed by atoms with E-state index in [1.54, 1.807) is 11.3 Å². The Bertz CT molecular complexity index is 504. The third-order valence-electron chi connectivity index (χ3n) is 2.75. The molecule has 0 saturated carbocycles. The summed E-state index contributed by atoms with van der Waals surface area (Å²) in [6.07, 6.45) is 1.84. The molecule has 0 aromatic carbocycles. The zero-order chi connectivity index (χ0) is 13.1. The van der Waals surface area contributed by atoms with Gasteiger partial charge in [-0.25, -0.2) is 9.97 Å². The van der Waals surface area contributed by atoms with E-state index in [0.717, 1.165) is 28.6 Å². The van der Waals surface area contributed by atoms with E-state index in [4.69, 9.17) is 5.73 Å². The molecule has 0 saturated heterocycles. The quantitative estimate of drug-likeness (QED) is 0.920. The van der Waals surface area contributed by atoms with Crippen LogP contribution in [0.3, 0.4) is 0 Å². The molecule has 4 nitrogen and oxygen atoms in total. The summed E-state index contributed by atoms with van der Waals surface area (Å²) in [6.45, 7) is 4.75. The van der Waals surface area contributed by atoms with Crippen LogP contribution in [0.25, 0.3) is 0 Å². The average Bonchev–Trinajstić information content (AvgIpc) is 2.75. The van der Waals surface area contributed by atoms with E-state index in [-0.39, 0.29) is 6.04 Å². The monoisotopic (exact) mass is 262 g/mol. The molecule has 0 bridgehead atoms. The number of thiazole rings is 1. The molecule has 5 heteroatoms. The SMILES string of the molecule is Cc1nc(CN(C)c2ccc([C@@H](C)N)cn2)cs1. The van der Waals surface area contributed by atoms with Crippen molar-refractivity contribution in [3.63, 3.8) is 0 Å². The van der Waals surface area contributed by atoms with Crippen molar-refractivity contribution in [2.24, 2.45) is 5.73 Å². The Hall–Kier alpha value is -1.46. The van der Waals surface area contributed by atoms with Crippen molar-refractivity contribution < 1.29 is 0 Å². The molecule has 2 N–H and O–H groups in total. The van der Waals surface area contributed by atoms with Gasteiger partial charge in [0, 0.05) is 24.7 Å². The third kappa shape index (κ3) is 3.05. The molecule has 0 unspecified atom stereocenters. The highest BCUT2D eigenvalue weighted by Gasteiger charge is 2.07. The van der Waals surface area contributed by atoms with Gasteiger partial charge in [0.2, 0.25) is 0 Å². The van der Waals surface area contributed by atoms with E-state index in [2.05, 4.69) is 20.2 Å². The van der Waals surface area contributed by atoms with Crippen LogP contribution in [0.1, 0.15) is 29.2 Å². The van der Waals surface area contributed by atoms with Gasteiger partial charge in [-0.2, -0.15) is 0 Å². The van der Waals surface area contributed by atoms with Gasteiger partial charge in [0.05, 0.1) is 17.2 Å². The zero-order valence-corrected chi connectivity index (χ0v) is 11.7. The van der Waals surface area contributed by atoms with Gasteiger partial charge in [-0.1, -0.05) is 6.07 Å². The number of nitrogens with zero attached hydrogens (tertiary/aromatic N) is 3. The topological polar surface area (TPSA) is 55.0 Å². The summed E-state index contributed by atoms with van der Waals surface area (Å²) in [6, 6.07) is 4.05. The first kappa shape index (κ1) is 13.0. The Morgan fingerprint density at radius 2 is 2.22 bits per heavy atom. The first-order chi connectivity index (χ1) is 8.56. The minimum atomic E-state index is 0.0260. The van der Waals surface area contributed by atoms with Gasteiger partial charge in [0.15, 0.2) is 0 Å². The minimum Gasteiger partial charge on any atom is -0.354 e. The second-order valence-corrected chi connectivity index (χ2v) is 5.51. The Morgan fingerprint density at radius 3 is 2.72 bits per heavy atom. The van der Waals surface area contributed by atoms with Crippen LogP contribution < -0.4 is 10.6 Å². The van der Waals surface area contributed by atoms with Crippen LogP contribution in [0.5, 0.6) is 0 Å². The van der Waals surface area contributed by atoms with Crippen molar-refractivity contribution in [2.45, 2.75) is 26.4 Å². The lowest BCUT2D eigenvalue weighted by atomic mass is 10.1. The Balaban J connectivity index is 2.06. The van der Waals surface area contributed by atoms with Crippen LogP contribution in [0.4, 0.5) is 5.82 Å². The molecule has 0 radical (unpaired) electrons. The summed E-state index contributed by atoms with van der Waals surface area (Å²) in [5, 5.41) is 3.18. The molecule has 0 aliphatic rings. The molecule has 2 rings (SSSR count). The van der Waals surface area contributed by atoms with Crippen molar-refractivity contribution in [3.8, 4) is 0 Å². The second-order valence-electron chi connectivity index (χ2n) is 4.45. The van der Waals surface area contributed by atoms with Crippen LogP contribution in [0.2, 0.25) is 0 Å². The van der Waals surface area contributed by atoms with Gasteiger partial charge >= 0.3 is 0 Å². The van der Waals surface area contributed by atoms with Crippen molar-refractivity contribution in [3.05, 3.63) is 40.0 Å². The van der Waals surface area contributed by atoms with E-state index in [1.807, 2.05) is 39.2 Å². The van der Waals surface area contributed by atoms with Gasteiger partial charge < -0.3 is 10.6 Å². The largest absolute Gasteiger partial charge is 0.354 e. The van der Waals surface area contributed by atoms with Gasteiger partial charge in [0.1, 0.15) is 5.82 Å². The first-order valence-electron chi connectivity index (χ1n) is 5.90. The molecule has 0 fully saturated rings. The lowest BCUT2D eigenvalue weighted by molar-refractivity contribution is 0.805. The number of aryl methyl sites for hydroxylation is 1. The highest BCUT2D eigenvalue weighted by molar-refractivity contribution is 7.09. The Labute approximate surface area is 111 Å². The Morgan fingerprint density at radius 1 is 1.44 bits per heavy atom. The van der Waals surface area contributed by atoms with Gasteiger partial charge in [-0.3, -0.25) is 0 Å². The number of rotatable bonds is 4. The fraction of sp³-hybridized carbons (Fsp3) is 0.385. The predicted molar refractivity (Wildman–Crippen MR) is 75.8 cm³/mol. The van der Waals surface area contributed by atoms with E-state index >= 15 is 0 Å². The molecule has 2 aromatic rings. The molecule has 0 amide bonds. The summed E-state index contributed by atoms with van der Waals surface area (Å²) in [5.74, 6) is 0.935. The molecule has 96 valence electrons. The molecular formula is C13H18N4S. The standard InChI is InChI=1S/C13H18N4S/c1-9(14)11-4-5-13(15-6-11)17(3)7-12-8-18-10(2)16-12/h4-6,8-9H,7,14H2,1-3H3/t9-/m1/s1. The molecule has 2 aromatic heterocycles. The van der Waals surface area contributed by atoms with Crippen molar-refractivity contribution >= 4 is 17.2 Å². The summed E-state index contributed by atoms with van der Waals surface area (Å²) >= 11 is 1.67. The summed E-state index contributed by atoms with van der Waals surface area (Å²) in [4.78, 5) is 11.0. The van der Waals surface area contributed by atoms with Crippen molar-refractivity contribution in [1.29, 1.82) is 0 Å². The zero-order valence-electron chi connectivity index (χ0n) is 10.9. The van der Waals surface area contributed by atoms with Crippen LogP contribution in [-0.2, 0) is 6.54 Å². The van der Waals surface area contributed by atoms with Crippen LogP contribution in [-0.4, -0.2) is 17.0 Å². The molecule has 0 aliphatic heterocycles. The van der Waals surface area contributed by atoms with Crippen molar-refractivity contribution in [2.75, 3.05) is 11.9 Å². The second kappa shape index (κ2) is 5.46. The summed E-state index contributed by atoms with van der Waals surface area (Å²) < 4.78 is 0. The predicted octanol–water partition coefficient (Wildman–Crippen LogP) is 2.50. The fourth-order valence-electron chi connectivity index (χ4n) is 1.70. The highest BCUT2D eigenvalue weighted by Crippen LogP contribution is 2.16. The van der Waals surface area contributed by atoms with Gasteiger partial charge in [-0.05, 0) is 25.5 Å². The first-order valence-corrected chi connectivity index (χ1v) is 6.78. The van der Waals surface area contributed by atoms with Gasteiger partial charge in [0.25, 0.3) is 0 Å². The highest BCUT2D eigenvalue weighted by atomic mass is 32.1. The molecule has 0 aliphatic carbocycles. The van der Waals surface area contributed by atoms with Crippen LogP contribution in [0.15, 0.2) is 23.7 Å².